The van der Waals surface area contributed by atoms with Crippen LogP contribution in [0.4, 0.5) is 4.79 Å². The summed E-state index contributed by atoms with van der Waals surface area (Å²) in [6, 6.07) is -0.530. The number of carbonyl (C=O) groups is 2. The van der Waals surface area contributed by atoms with Crippen LogP contribution < -0.4 is 10.6 Å². The van der Waals surface area contributed by atoms with Gasteiger partial charge in [0.05, 0.1) is 6.04 Å². The summed E-state index contributed by atoms with van der Waals surface area (Å²) in [5.74, 6) is -1.06. The van der Waals surface area contributed by atoms with Crippen molar-refractivity contribution in [1.29, 1.82) is 0 Å². The van der Waals surface area contributed by atoms with Gasteiger partial charge in [-0.3, -0.25) is 0 Å². The molecule has 2 amide bonds. The quantitative estimate of drug-likeness (QED) is 0.718. The summed E-state index contributed by atoms with van der Waals surface area (Å²) in [6.45, 7) is 3.07. The largest absolute Gasteiger partial charge is 0.476 e. The highest BCUT2D eigenvalue weighted by Gasteiger charge is 2.17. The van der Waals surface area contributed by atoms with Crippen molar-refractivity contribution in [2.24, 2.45) is 0 Å². The molecule has 0 spiro atoms. The van der Waals surface area contributed by atoms with E-state index in [0.717, 1.165) is 0 Å². The molecule has 0 aliphatic carbocycles. The lowest BCUT2D eigenvalue weighted by Gasteiger charge is -2.20. The summed E-state index contributed by atoms with van der Waals surface area (Å²) in [5.41, 5.74) is 0.00429. The zero-order valence-electron chi connectivity index (χ0n) is 11.1. The van der Waals surface area contributed by atoms with E-state index < -0.39 is 5.97 Å². The molecule has 3 N–H and O–H groups in total. The lowest BCUT2D eigenvalue weighted by atomic mass is 10.3. The number of carboxylic acid groups (broad SMARTS) is 1. The fourth-order valence-corrected chi connectivity index (χ4v) is 2.12. The first-order chi connectivity index (χ1) is 8.95. The molecule has 1 aromatic heterocycles. The van der Waals surface area contributed by atoms with Crippen LogP contribution in [0.5, 0.6) is 0 Å². The molecule has 0 aliphatic heterocycles. The monoisotopic (exact) mass is 286 g/mol. The Morgan fingerprint density at radius 1 is 1.58 bits per heavy atom. The summed E-state index contributed by atoms with van der Waals surface area (Å²) >= 11 is 1.22. The molecule has 1 aromatic rings. The summed E-state index contributed by atoms with van der Waals surface area (Å²) in [4.78, 5) is 28.1. The van der Waals surface area contributed by atoms with E-state index >= 15 is 0 Å². The van der Waals surface area contributed by atoms with Gasteiger partial charge in [0.1, 0.15) is 5.01 Å². The molecule has 1 unspecified atom stereocenters. The van der Waals surface area contributed by atoms with E-state index in [2.05, 4.69) is 15.6 Å². The van der Waals surface area contributed by atoms with Gasteiger partial charge in [0, 0.05) is 25.5 Å². The molecule has 0 fully saturated rings. The third-order valence-electron chi connectivity index (χ3n) is 2.50. The van der Waals surface area contributed by atoms with Crippen molar-refractivity contribution in [3.63, 3.8) is 0 Å². The fourth-order valence-electron chi connectivity index (χ4n) is 1.32. The Kier molecular flexibility index (Phi) is 5.71. The van der Waals surface area contributed by atoms with Crippen LogP contribution in [0.1, 0.15) is 28.5 Å². The first kappa shape index (κ1) is 15.4. The van der Waals surface area contributed by atoms with E-state index in [1.807, 2.05) is 7.05 Å². The Morgan fingerprint density at radius 2 is 2.26 bits per heavy atom. The maximum atomic E-state index is 11.8. The number of nitrogens with one attached hydrogen (secondary N) is 2. The Bertz CT molecular complexity index is 449. The molecule has 0 radical (unpaired) electrons. The van der Waals surface area contributed by atoms with Crippen LogP contribution in [0.3, 0.4) is 0 Å². The van der Waals surface area contributed by atoms with E-state index in [1.165, 1.54) is 16.7 Å². The third kappa shape index (κ3) is 4.49. The lowest BCUT2D eigenvalue weighted by Crippen LogP contribution is -2.41. The topological polar surface area (TPSA) is 94.6 Å². The highest BCUT2D eigenvalue weighted by atomic mass is 32.1. The molecule has 7 nitrogen and oxygen atoms in total. The number of aromatic carboxylic acids is 1. The molecule has 19 heavy (non-hydrogen) atoms. The first-order valence-electron chi connectivity index (χ1n) is 5.80. The number of rotatable bonds is 6. The molecular formula is C11H18N4O3S. The highest BCUT2D eigenvalue weighted by Crippen LogP contribution is 2.18. The molecule has 1 atom stereocenters. The molecule has 0 aliphatic rings. The highest BCUT2D eigenvalue weighted by molar-refractivity contribution is 7.09. The minimum atomic E-state index is -1.06. The predicted molar refractivity (Wildman–Crippen MR) is 72.6 cm³/mol. The summed E-state index contributed by atoms with van der Waals surface area (Å²) < 4.78 is 0. The van der Waals surface area contributed by atoms with Gasteiger partial charge >= 0.3 is 12.0 Å². The number of thiazole rings is 1. The first-order valence-corrected chi connectivity index (χ1v) is 6.68. The zero-order chi connectivity index (χ0) is 14.4. The van der Waals surface area contributed by atoms with Gasteiger partial charge in [0.2, 0.25) is 0 Å². The second-order valence-corrected chi connectivity index (χ2v) is 4.96. The number of aromatic nitrogens is 1. The average Bonchev–Trinajstić information content (AvgIpc) is 2.85. The van der Waals surface area contributed by atoms with Crippen LogP contribution >= 0.6 is 11.3 Å². The second-order valence-electron chi connectivity index (χ2n) is 4.07. The van der Waals surface area contributed by atoms with Gasteiger partial charge in [-0.05, 0) is 14.0 Å². The van der Waals surface area contributed by atoms with Crippen molar-refractivity contribution in [3.05, 3.63) is 16.1 Å². The van der Waals surface area contributed by atoms with Crippen molar-refractivity contribution in [3.8, 4) is 0 Å². The SMILES string of the molecule is CNCCN(C)C(=O)NC(C)c1nc(C(=O)O)cs1. The number of urea groups is 1. The van der Waals surface area contributed by atoms with Gasteiger partial charge in [-0.1, -0.05) is 0 Å². The van der Waals surface area contributed by atoms with Gasteiger partial charge in [-0.25, -0.2) is 14.6 Å². The normalized spacial score (nSPS) is 11.9. The predicted octanol–water partition coefficient (Wildman–Crippen LogP) is 0.763. The van der Waals surface area contributed by atoms with Crippen LogP contribution in [0.15, 0.2) is 5.38 Å². The van der Waals surface area contributed by atoms with Crippen LogP contribution in [-0.4, -0.2) is 54.2 Å². The van der Waals surface area contributed by atoms with Gasteiger partial charge in [0.15, 0.2) is 5.69 Å². The maximum Gasteiger partial charge on any atom is 0.355 e. The van der Waals surface area contributed by atoms with Crippen molar-refractivity contribution >= 4 is 23.3 Å². The van der Waals surface area contributed by atoms with Gasteiger partial charge < -0.3 is 20.6 Å². The van der Waals surface area contributed by atoms with E-state index in [-0.39, 0.29) is 17.8 Å². The molecule has 1 heterocycles. The van der Waals surface area contributed by atoms with E-state index in [1.54, 1.807) is 18.9 Å². The number of hydrogen-bond acceptors (Lipinski definition) is 5. The second kappa shape index (κ2) is 7.05. The molecule has 0 aromatic carbocycles. The van der Waals surface area contributed by atoms with Crippen molar-refractivity contribution in [1.82, 2.24) is 20.5 Å². The molecule has 0 saturated heterocycles. The smallest absolute Gasteiger partial charge is 0.355 e. The zero-order valence-corrected chi connectivity index (χ0v) is 12.0. The van der Waals surface area contributed by atoms with Crippen LogP contribution in [-0.2, 0) is 0 Å². The molecular weight excluding hydrogens is 268 g/mol. The van der Waals surface area contributed by atoms with E-state index in [4.69, 9.17) is 5.11 Å². The van der Waals surface area contributed by atoms with Gasteiger partial charge in [-0.2, -0.15) is 0 Å². The Labute approximate surface area is 115 Å². The van der Waals surface area contributed by atoms with Crippen LogP contribution in [0.25, 0.3) is 0 Å². The van der Waals surface area contributed by atoms with Gasteiger partial charge in [-0.15, -0.1) is 11.3 Å². The van der Waals surface area contributed by atoms with Crippen molar-refractivity contribution < 1.29 is 14.7 Å². The van der Waals surface area contributed by atoms with Gasteiger partial charge in [0.25, 0.3) is 0 Å². The van der Waals surface area contributed by atoms with Crippen molar-refractivity contribution in [2.45, 2.75) is 13.0 Å². The van der Waals surface area contributed by atoms with Crippen LogP contribution in [0, 0.1) is 0 Å². The number of hydrogen-bond donors (Lipinski definition) is 3. The number of nitrogens with zero attached hydrogens (tertiary/aromatic N) is 2. The Hall–Kier alpha value is -1.67. The Balaban J connectivity index is 2.55. The summed E-state index contributed by atoms with van der Waals surface area (Å²) in [7, 11) is 3.52. The molecule has 0 saturated carbocycles. The number of likely N-dealkylation sites (N-methyl/N-ethyl adjacent to an activating group) is 2. The standard InChI is InChI=1S/C11H18N4O3S/c1-7(9-14-8(6-19-9)10(16)17)13-11(18)15(3)5-4-12-2/h6-7,12H,4-5H2,1-3H3,(H,13,18)(H,16,17). The fraction of sp³-hybridized carbons (Fsp3) is 0.545. The minimum Gasteiger partial charge on any atom is -0.476 e. The third-order valence-corrected chi connectivity index (χ3v) is 3.52. The maximum absolute atomic E-state index is 11.8. The molecule has 0 bridgehead atoms. The van der Waals surface area contributed by atoms with E-state index in [9.17, 15) is 9.59 Å². The Morgan fingerprint density at radius 3 is 2.79 bits per heavy atom. The summed E-state index contributed by atoms with van der Waals surface area (Å²) in [6.07, 6.45) is 0. The summed E-state index contributed by atoms with van der Waals surface area (Å²) in [5, 5.41) is 16.6. The van der Waals surface area contributed by atoms with Crippen molar-refractivity contribution in [2.75, 3.05) is 27.2 Å². The van der Waals surface area contributed by atoms with E-state index in [0.29, 0.717) is 18.1 Å². The average molecular weight is 286 g/mol. The number of carbonyl (C=O) groups excluding carboxylic acids is 1. The molecule has 8 heteroatoms. The van der Waals surface area contributed by atoms with Crippen LogP contribution in [0.2, 0.25) is 0 Å². The molecule has 106 valence electrons. The molecule has 1 rings (SSSR count). The number of amides is 2. The minimum absolute atomic E-state index is 0.00429. The lowest BCUT2D eigenvalue weighted by molar-refractivity contribution is 0.0691. The number of carboxylic acids is 1.